The standard InChI is InChI=1S/C22H26N6O2/c1-14(2)28-21-19(12-25-28)18(11-20(26-21)17-10-15(3)30-16(17)4)22(29)24-6-5-8-27-9-7-23-13-27/h7,9-14H,5-6,8H2,1-4H3,(H,24,29). The number of imidazole rings is 1. The van der Waals surface area contributed by atoms with Gasteiger partial charge in [0.15, 0.2) is 5.65 Å². The molecule has 1 N–H and O–H groups in total. The van der Waals surface area contributed by atoms with Crippen molar-refractivity contribution in [1.29, 1.82) is 0 Å². The van der Waals surface area contributed by atoms with Crippen molar-refractivity contribution in [2.45, 2.75) is 46.7 Å². The van der Waals surface area contributed by atoms with E-state index in [4.69, 9.17) is 9.40 Å². The Morgan fingerprint density at radius 2 is 2.10 bits per heavy atom. The number of furan rings is 1. The number of nitrogens with one attached hydrogen (secondary N) is 1. The van der Waals surface area contributed by atoms with E-state index in [9.17, 15) is 4.79 Å². The maximum absolute atomic E-state index is 13.1. The second-order valence-corrected chi connectivity index (χ2v) is 7.71. The van der Waals surface area contributed by atoms with E-state index in [0.29, 0.717) is 23.4 Å². The number of nitrogens with zero attached hydrogens (tertiary/aromatic N) is 5. The van der Waals surface area contributed by atoms with Gasteiger partial charge in [0.2, 0.25) is 0 Å². The van der Waals surface area contributed by atoms with E-state index in [0.717, 1.165) is 35.4 Å². The highest BCUT2D eigenvalue weighted by Crippen LogP contribution is 2.30. The van der Waals surface area contributed by atoms with E-state index in [1.165, 1.54) is 0 Å². The summed E-state index contributed by atoms with van der Waals surface area (Å²) in [5.41, 5.74) is 2.87. The van der Waals surface area contributed by atoms with Gasteiger partial charge in [0.25, 0.3) is 5.91 Å². The fourth-order valence-electron chi connectivity index (χ4n) is 3.58. The minimum atomic E-state index is -0.129. The molecule has 0 aliphatic rings. The molecule has 4 aromatic heterocycles. The number of carbonyl (C=O) groups is 1. The summed E-state index contributed by atoms with van der Waals surface area (Å²) in [4.78, 5) is 21.9. The van der Waals surface area contributed by atoms with Gasteiger partial charge >= 0.3 is 0 Å². The van der Waals surface area contributed by atoms with Crippen molar-refractivity contribution in [3.8, 4) is 11.3 Å². The molecule has 0 bridgehead atoms. The number of fused-ring (bicyclic) bond motifs is 1. The molecular weight excluding hydrogens is 380 g/mol. The first-order valence-electron chi connectivity index (χ1n) is 10.1. The molecule has 8 nitrogen and oxygen atoms in total. The third-order valence-electron chi connectivity index (χ3n) is 5.06. The van der Waals surface area contributed by atoms with Crippen molar-refractivity contribution in [1.82, 2.24) is 29.6 Å². The predicted octanol–water partition coefficient (Wildman–Crippen LogP) is 3.91. The zero-order chi connectivity index (χ0) is 21.3. The molecule has 0 spiro atoms. The summed E-state index contributed by atoms with van der Waals surface area (Å²) in [5, 5.41) is 8.25. The Hall–Kier alpha value is -3.42. The Morgan fingerprint density at radius 1 is 1.27 bits per heavy atom. The van der Waals surface area contributed by atoms with Gasteiger partial charge in [-0.15, -0.1) is 0 Å². The van der Waals surface area contributed by atoms with Gasteiger partial charge in [-0.3, -0.25) is 4.79 Å². The van der Waals surface area contributed by atoms with Crippen molar-refractivity contribution in [2.24, 2.45) is 0 Å². The molecular formula is C22H26N6O2. The van der Waals surface area contributed by atoms with Crippen molar-refractivity contribution in [3.05, 3.63) is 54.1 Å². The predicted molar refractivity (Wildman–Crippen MR) is 114 cm³/mol. The summed E-state index contributed by atoms with van der Waals surface area (Å²) in [7, 11) is 0. The molecule has 0 saturated carbocycles. The molecule has 0 atom stereocenters. The van der Waals surface area contributed by atoms with Crippen LogP contribution in [0.1, 0.15) is 48.2 Å². The van der Waals surface area contributed by atoms with Gasteiger partial charge in [0, 0.05) is 37.1 Å². The molecule has 4 rings (SSSR count). The van der Waals surface area contributed by atoms with Gasteiger partial charge in [-0.1, -0.05) is 0 Å². The van der Waals surface area contributed by atoms with E-state index in [-0.39, 0.29) is 11.9 Å². The first-order chi connectivity index (χ1) is 14.4. The number of rotatable bonds is 7. The molecule has 156 valence electrons. The Morgan fingerprint density at radius 3 is 2.77 bits per heavy atom. The lowest BCUT2D eigenvalue weighted by Gasteiger charge is -2.11. The molecule has 0 aliphatic carbocycles. The number of aryl methyl sites for hydroxylation is 3. The topological polar surface area (TPSA) is 90.8 Å². The lowest BCUT2D eigenvalue weighted by atomic mass is 10.1. The van der Waals surface area contributed by atoms with Gasteiger partial charge in [0.05, 0.1) is 29.2 Å². The van der Waals surface area contributed by atoms with Gasteiger partial charge in [-0.05, 0) is 46.2 Å². The minimum Gasteiger partial charge on any atom is -0.466 e. The molecule has 0 radical (unpaired) electrons. The zero-order valence-electron chi connectivity index (χ0n) is 17.7. The monoisotopic (exact) mass is 406 g/mol. The molecule has 1 amide bonds. The minimum absolute atomic E-state index is 0.128. The van der Waals surface area contributed by atoms with Gasteiger partial charge in [-0.25, -0.2) is 14.6 Å². The fraction of sp³-hybridized carbons (Fsp3) is 0.364. The molecule has 30 heavy (non-hydrogen) atoms. The highest BCUT2D eigenvalue weighted by atomic mass is 16.3. The summed E-state index contributed by atoms with van der Waals surface area (Å²) in [6.45, 7) is 9.27. The van der Waals surface area contributed by atoms with Crippen LogP contribution in [0.3, 0.4) is 0 Å². The van der Waals surface area contributed by atoms with Crippen molar-refractivity contribution in [2.75, 3.05) is 6.54 Å². The SMILES string of the molecule is Cc1cc(-c2cc(C(=O)NCCCn3ccnc3)c3cnn(C(C)C)c3n2)c(C)o1. The highest BCUT2D eigenvalue weighted by molar-refractivity contribution is 6.06. The molecule has 4 heterocycles. The van der Waals surface area contributed by atoms with Crippen molar-refractivity contribution >= 4 is 16.9 Å². The van der Waals surface area contributed by atoms with Crippen molar-refractivity contribution < 1.29 is 9.21 Å². The van der Waals surface area contributed by atoms with Gasteiger partial charge in [-0.2, -0.15) is 5.10 Å². The number of pyridine rings is 1. The van der Waals surface area contributed by atoms with Gasteiger partial charge in [0.1, 0.15) is 11.5 Å². The summed E-state index contributed by atoms with van der Waals surface area (Å²) in [6.07, 6.45) is 7.97. The quantitative estimate of drug-likeness (QED) is 0.470. The van der Waals surface area contributed by atoms with E-state index >= 15 is 0 Å². The van der Waals surface area contributed by atoms with Crippen LogP contribution in [0.2, 0.25) is 0 Å². The van der Waals surface area contributed by atoms with Crippen LogP contribution in [-0.2, 0) is 6.54 Å². The Kier molecular flexibility index (Phi) is 5.39. The summed E-state index contributed by atoms with van der Waals surface area (Å²) in [5.74, 6) is 1.46. The molecule has 8 heteroatoms. The Balaban J connectivity index is 1.65. The van der Waals surface area contributed by atoms with E-state index < -0.39 is 0 Å². The largest absolute Gasteiger partial charge is 0.466 e. The molecule has 0 unspecified atom stereocenters. The molecule has 0 aliphatic heterocycles. The zero-order valence-corrected chi connectivity index (χ0v) is 17.7. The highest BCUT2D eigenvalue weighted by Gasteiger charge is 2.20. The van der Waals surface area contributed by atoms with E-state index in [1.807, 2.05) is 55.3 Å². The van der Waals surface area contributed by atoms with Crippen LogP contribution < -0.4 is 5.32 Å². The van der Waals surface area contributed by atoms with Crippen LogP contribution in [0.25, 0.3) is 22.3 Å². The Bertz CT molecular complexity index is 1170. The molecule has 0 saturated heterocycles. The fourth-order valence-corrected chi connectivity index (χ4v) is 3.58. The number of hydrogen-bond acceptors (Lipinski definition) is 5. The van der Waals surface area contributed by atoms with Crippen LogP contribution in [0, 0.1) is 13.8 Å². The summed E-state index contributed by atoms with van der Waals surface area (Å²) in [6, 6.07) is 3.91. The van der Waals surface area contributed by atoms with Crippen LogP contribution in [0.15, 0.2) is 41.5 Å². The maximum Gasteiger partial charge on any atom is 0.252 e. The first kappa shape index (κ1) is 19.9. The van der Waals surface area contributed by atoms with Crippen LogP contribution in [0.4, 0.5) is 0 Å². The second kappa shape index (κ2) is 8.14. The number of hydrogen-bond donors (Lipinski definition) is 1. The summed E-state index contributed by atoms with van der Waals surface area (Å²) >= 11 is 0. The Labute approximate surface area is 174 Å². The number of carbonyl (C=O) groups excluding carboxylic acids is 1. The lowest BCUT2D eigenvalue weighted by Crippen LogP contribution is -2.25. The third kappa shape index (κ3) is 3.85. The molecule has 0 fully saturated rings. The molecule has 4 aromatic rings. The average molecular weight is 406 g/mol. The van der Waals surface area contributed by atoms with Crippen LogP contribution in [-0.4, -0.2) is 36.8 Å². The number of amides is 1. The smallest absolute Gasteiger partial charge is 0.252 e. The summed E-state index contributed by atoms with van der Waals surface area (Å²) < 4.78 is 9.52. The second-order valence-electron chi connectivity index (χ2n) is 7.71. The van der Waals surface area contributed by atoms with E-state index in [2.05, 4.69) is 15.4 Å². The molecule has 0 aromatic carbocycles. The van der Waals surface area contributed by atoms with Crippen LogP contribution >= 0.6 is 0 Å². The normalized spacial score (nSPS) is 11.5. The van der Waals surface area contributed by atoms with Crippen molar-refractivity contribution in [3.63, 3.8) is 0 Å². The van der Waals surface area contributed by atoms with Crippen LogP contribution in [0.5, 0.6) is 0 Å². The lowest BCUT2D eigenvalue weighted by molar-refractivity contribution is 0.0954. The number of aromatic nitrogens is 5. The third-order valence-corrected chi connectivity index (χ3v) is 5.06. The maximum atomic E-state index is 13.1. The van der Waals surface area contributed by atoms with Gasteiger partial charge < -0.3 is 14.3 Å². The first-order valence-corrected chi connectivity index (χ1v) is 10.1. The average Bonchev–Trinajstić information content (AvgIpc) is 3.43. The van der Waals surface area contributed by atoms with E-state index in [1.54, 1.807) is 18.7 Å².